The number of carbonyl (C=O) groups excluding carboxylic acids is 1. The molecule has 0 aliphatic rings. The standard InChI is InChI=1S/C35H33N9O4S/c1-23(40-35(46)33-34(36)38-22-30(41-33)27-18-28(21-37-19-27)42-49(4,47)48)31-14-10-5-7-11-25(15-16-26-20-39-43(3)24(26)2)17-32(45)44(31)29-12-8-6-9-13-29/h5-14,17-23,42H,1-4H3,(H2,36,38)(H,40,46)/t23-/m1/s1. The molecule has 1 amide bonds. The molecule has 0 unspecified atom stereocenters. The van der Waals surface area contributed by atoms with Gasteiger partial charge in [-0.05, 0) is 44.2 Å². The van der Waals surface area contributed by atoms with Crippen LogP contribution in [0.4, 0.5) is 11.5 Å². The number of nitrogens with two attached hydrogens (primary N) is 1. The van der Waals surface area contributed by atoms with E-state index >= 15 is 0 Å². The average Bonchev–Trinajstić information content (AvgIpc) is 3.38. The van der Waals surface area contributed by atoms with Crippen molar-refractivity contribution in [2.75, 3.05) is 16.7 Å². The van der Waals surface area contributed by atoms with Crippen LogP contribution in [0, 0.1) is 18.8 Å². The van der Waals surface area contributed by atoms with Gasteiger partial charge < -0.3 is 11.1 Å². The van der Waals surface area contributed by atoms with Gasteiger partial charge in [-0.3, -0.25) is 28.5 Å². The Hall–Kier alpha value is -6.33. The van der Waals surface area contributed by atoms with Crippen molar-refractivity contribution in [3.8, 4) is 28.8 Å². The summed E-state index contributed by atoms with van der Waals surface area (Å²) in [7, 11) is -1.72. The Morgan fingerprint density at radius 1 is 0.959 bits per heavy atom. The SMILES string of the molecule is Cc1c(C#Cc2cccccc([C@@H](C)NC(=O)c3nc(-c4cncc(NS(C)(=O)=O)c4)cnc3N)n(-c3ccccc3)c(=O)c2)cnn1C. The summed E-state index contributed by atoms with van der Waals surface area (Å²) < 4.78 is 29.0. The maximum Gasteiger partial charge on any atom is 0.274 e. The lowest BCUT2D eigenvalue weighted by molar-refractivity contribution is 0.0934. The van der Waals surface area contributed by atoms with Crippen LogP contribution in [0.2, 0.25) is 0 Å². The molecular weight excluding hydrogens is 643 g/mol. The minimum atomic E-state index is -3.55. The summed E-state index contributed by atoms with van der Waals surface area (Å²) in [6.45, 7) is 3.64. The molecule has 0 aliphatic carbocycles. The number of nitrogens with one attached hydrogen (secondary N) is 2. The summed E-state index contributed by atoms with van der Waals surface area (Å²) in [6, 6.07) is 20.1. The quantitative estimate of drug-likeness (QED) is 0.217. The number of nitrogens with zero attached hydrogens (tertiary/aromatic N) is 6. The summed E-state index contributed by atoms with van der Waals surface area (Å²) in [5.74, 6) is 5.41. The van der Waals surface area contributed by atoms with E-state index in [1.54, 1.807) is 60.3 Å². The van der Waals surface area contributed by atoms with Gasteiger partial charge in [0, 0.05) is 41.8 Å². The smallest absolute Gasteiger partial charge is 0.274 e. The van der Waals surface area contributed by atoms with E-state index in [0.29, 0.717) is 22.5 Å². The van der Waals surface area contributed by atoms with Crippen LogP contribution in [-0.4, -0.2) is 49.9 Å². The first kappa shape index (κ1) is 34.0. The zero-order valence-electron chi connectivity index (χ0n) is 27.1. The minimum absolute atomic E-state index is 0.122. The van der Waals surface area contributed by atoms with Gasteiger partial charge in [0.25, 0.3) is 11.5 Å². The molecule has 1 atom stereocenters. The van der Waals surface area contributed by atoms with Crippen LogP contribution in [0.25, 0.3) is 16.9 Å². The molecule has 0 radical (unpaired) electrons. The van der Waals surface area contributed by atoms with E-state index in [1.165, 1.54) is 35.3 Å². The highest BCUT2D eigenvalue weighted by molar-refractivity contribution is 7.92. The molecule has 4 aromatic heterocycles. The first-order chi connectivity index (χ1) is 23.4. The summed E-state index contributed by atoms with van der Waals surface area (Å²) in [6.07, 6.45) is 6.85. The van der Waals surface area contributed by atoms with E-state index in [9.17, 15) is 18.0 Å². The number of hydrogen-bond acceptors (Lipinski definition) is 9. The van der Waals surface area contributed by atoms with Gasteiger partial charge in [-0.2, -0.15) is 5.10 Å². The number of hydrogen-bond donors (Lipinski definition) is 3. The Kier molecular flexibility index (Phi) is 10.1. The molecular formula is C35H33N9O4S. The number of pyridine rings is 1. The zero-order valence-corrected chi connectivity index (χ0v) is 27.9. The number of para-hydroxylation sites is 1. The molecule has 0 fully saturated rings. The van der Waals surface area contributed by atoms with Crippen molar-refractivity contribution in [1.82, 2.24) is 34.6 Å². The number of anilines is 2. The lowest BCUT2D eigenvalue weighted by Crippen LogP contribution is -2.32. The Balaban J connectivity index is 1.55. The zero-order chi connectivity index (χ0) is 35.1. The lowest BCUT2D eigenvalue weighted by Gasteiger charge is -2.19. The van der Waals surface area contributed by atoms with Crippen molar-refractivity contribution in [2.24, 2.45) is 7.05 Å². The Morgan fingerprint density at radius 2 is 1.67 bits per heavy atom. The van der Waals surface area contributed by atoms with Crippen molar-refractivity contribution in [1.29, 1.82) is 0 Å². The fourth-order valence-electron chi connectivity index (χ4n) is 4.75. The van der Waals surface area contributed by atoms with E-state index < -0.39 is 22.0 Å². The second kappa shape index (κ2) is 14.6. The van der Waals surface area contributed by atoms with Gasteiger partial charge in [0.1, 0.15) is 0 Å². The summed E-state index contributed by atoms with van der Waals surface area (Å²) in [4.78, 5) is 40.3. The van der Waals surface area contributed by atoms with E-state index in [2.05, 4.69) is 41.9 Å². The topological polar surface area (TPSA) is 180 Å². The lowest BCUT2D eigenvalue weighted by atomic mass is 10.1. The minimum Gasteiger partial charge on any atom is -0.382 e. The molecule has 0 aliphatic heterocycles. The third-order valence-electron chi connectivity index (χ3n) is 7.26. The number of carbonyl (C=O) groups is 1. The third kappa shape index (κ3) is 8.53. The van der Waals surface area contributed by atoms with Gasteiger partial charge >= 0.3 is 0 Å². The van der Waals surface area contributed by atoms with Gasteiger partial charge in [-0.15, -0.1) is 0 Å². The predicted molar refractivity (Wildman–Crippen MR) is 188 cm³/mol. The first-order valence-corrected chi connectivity index (χ1v) is 16.8. The summed E-state index contributed by atoms with van der Waals surface area (Å²) in [5.41, 5.74) is 9.54. The van der Waals surface area contributed by atoms with Crippen molar-refractivity contribution in [3.63, 3.8) is 0 Å². The van der Waals surface area contributed by atoms with E-state index in [0.717, 1.165) is 17.5 Å². The maximum absolute atomic E-state index is 14.0. The Morgan fingerprint density at radius 3 is 2.37 bits per heavy atom. The van der Waals surface area contributed by atoms with Crippen LogP contribution in [0.1, 0.15) is 46.0 Å². The largest absolute Gasteiger partial charge is 0.382 e. The molecule has 0 saturated carbocycles. The first-order valence-electron chi connectivity index (χ1n) is 14.9. The van der Waals surface area contributed by atoms with E-state index in [4.69, 9.17) is 5.73 Å². The van der Waals surface area contributed by atoms with Crippen molar-refractivity contribution >= 4 is 27.4 Å². The van der Waals surface area contributed by atoms with Crippen LogP contribution >= 0.6 is 0 Å². The fourth-order valence-corrected chi connectivity index (χ4v) is 5.29. The second-order valence-electron chi connectivity index (χ2n) is 11.0. The Bertz CT molecular complexity index is 2320. The molecule has 4 heterocycles. The van der Waals surface area contributed by atoms with Crippen molar-refractivity contribution in [2.45, 2.75) is 19.9 Å². The monoisotopic (exact) mass is 675 g/mol. The summed E-state index contributed by atoms with van der Waals surface area (Å²) in [5, 5.41) is 7.13. The molecule has 0 bridgehead atoms. The predicted octanol–water partition coefficient (Wildman–Crippen LogP) is 3.70. The number of aryl methyl sites for hydroxylation is 1. The van der Waals surface area contributed by atoms with Crippen LogP contribution < -0.4 is 21.3 Å². The van der Waals surface area contributed by atoms with Crippen molar-refractivity contribution in [3.05, 3.63) is 136 Å². The van der Waals surface area contributed by atoms with Gasteiger partial charge in [-0.25, -0.2) is 18.4 Å². The number of nitrogen functional groups attached to an aromatic ring is 1. The molecule has 0 spiro atoms. The van der Waals surface area contributed by atoms with Crippen LogP contribution in [0.5, 0.6) is 0 Å². The highest BCUT2D eigenvalue weighted by Gasteiger charge is 2.20. The molecule has 4 N–H and O–H groups in total. The molecule has 5 aromatic rings. The number of aromatic nitrogens is 6. The van der Waals surface area contributed by atoms with Crippen LogP contribution in [0.3, 0.4) is 0 Å². The highest BCUT2D eigenvalue weighted by Crippen LogP contribution is 2.22. The number of rotatable bonds is 7. The van der Waals surface area contributed by atoms with Crippen molar-refractivity contribution < 1.29 is 13.2 Å². The molecule has 14 heteroatoms. The maximum atomic E-state index is 14.0. The molecule has 5 rings (SSSR count). The highest BCUT2D eigenvalue weighted by atomic mass is 32.2. The molecule has 13 nitrogen and oxygen atoms in total. The van der Waals surface area contributed by atoms with E-state index in [-0.39, 0.29) is 28.5 Å². The average molecular weight is 676 g/mol. The Labute approximate surface area is 283 Å². The normalized spacial score (nSPS) is 11.4. The number of benzene rings is 1. The second-order valence-corrected chi connectivity index (χ2v) is 12.7. The van der Waals surface area contributed by atoms with Gasteiger partial charge in [0.15, 0.2) is 11.5 Å². The van der Waals surface area contributed by atoms with Gasteiger partial charge in [-0.1, -0.05) is 48.2 Å². The van der Waals surface area contributed by atoms with Gasteiger partial charge in [0.05, 0.1) is 53.5 Å². The number of amides is 1. The van der Waals surface area contributed by atoms with Crippen LogP contribution in [-0.2, 0) is 17.1 Å². The van der Waals surface area contributed by atoms with Crippen LogP contribution in [0.15, 0.2) is 102 Å². The van der Waals surface area contributed by atoms with Gasteiger partial charge in [0.2, 0.25) is 10.0 Å². The summed E-state index contributed by atoms with van der Waals surface area (Å²) >= 11 is 0. The van der Waals surface area contributed by atoms with E-state index in [1.807, 2.05) is 32.2 Å². The molecule has 1 aromatic carbocycles. The fraction of sp³-hybridized carbons (Fsp3) is 0.143. The third-order valence-corrected chi connectivity index (χ3v) is 7.86. The molecule has 248 valence electrons. The molecule has 0 saturated heterocycles. The molecule has 49 heavy (non-hydrogen) atoms. The number of sulfonamides is 1.